The molecular weight excluding hydrogens is 278 g/mol. The van der Waals surface area contributed by atoms with E-state index >= 15 is 0 Å². The van der Waals surface area contributed by atoms with Crippen molar-refractivity contribution in [2.24, 2.45) is 0 Å². The van der Waals surface area contributed by atoms with Crippen molar-refractivity contribution < 1.29 is 14.7 Å². The first kappa shape index (κ1) is 17.7. The van der Waals surface area contributed by atoms with Gasteiger partial charge in [-0.3, -0.25) is 10.7 Å². The lowest BCUT2D eigenvalue weighted by atomic mass is 10.0. The minimum Gasteiger partial charge on any atom is -0.421 e. The van der Waals surface area contributed by atoms with Crippen molar-refractivity contribution in [3.8, 4) is 5.75 Å². The van der Waals surface area contributed by atoms with Gasteiger partial charge in [0.2, 0.25) is 0 Å². The van der Waals surface area contributed by atoms with Crippen LogP contribution in [0.1, 0.15) is 39.2 Å². The molecule has 0 saturated heterocycles. The molecule has 1 rings (SSSR count). The Kier molecular flexibility index (Phi) is 6.60. The van der Waals surface area contributed by atoms with E-state index < -0.39 is 5.97 Å². The number of hydrogen-bond acceptors (Lipinski definition) is 4. The summed E-state index contributed by atoms with van der Waals surface area (Å²) in [5.41, 5.74) is 4.54. The second kappa shape index (κ2) is 8.20. The number of rotatable bonds is 6. The van der Waals surface area contributed by atoms with Gasteiger partial charge in [0.15, 0.2) is 5.75 Å². The highest BCUT2D eigenvalue weighted by molar-refractivity contribution is 5.94. The predicted octanol–water partition coefficient (Wildman–Crippen LogP) is 4.60. The summed E-state index contributed by atoms with van der Waals surface area (Å²) in [5, 5.41) is 9.17. The Bertz CT molecular complexity index is 613. The molecule has 0 aliphatic rings. The van der Waals surface area contributed by atoms with E-state index in [1.165, 1.54) is 6.08 Å². The van der Waals surface area contributed by atoms with Crippen LogP contribution in [0.5, 0.6) is 5.75 Å². The number of benzene rings is 1. The molecule has 1 aromatic carbocycles. The Balaban J connectivity index is 3.17. The molecule has 0 atom stereocenters. The second-order valence-corrected chi connectivity index (χ2v) is 5.21. The molecule has 0 aromatic heterocycles. The van der Waals surface area contributed by atoms with Crippen molar-refractivity contribution >= 4 is 11.7 Å². The van der Waals surface area contributed by atoms with E-state index in [1.54, 1.807) is 12.1 Å². The van der Waals surface area contributed by atoms with E-state index in [0.717, 1.165) is 11.1 Å². The Morgan fingerprint density at radius 1 is 1.41 bits per heavy atom. The van der Waals surface area contributed by atoms with Crippen LogP contribution in [0.15, 0.2) is 54.2 Å². The number of nitrogens with one attached hydrogen (secondary N) is 1. The maximum absolute atomic E-state index is 12.3. The summed E-state index contributed by atoms with van der Waals surface area (Å²) in [5.74, 6) is 0.0544. The zero-order valence-corrected chi connectivity index (χ0v) is 13.5. The number of hydrogen-bond donors (Lipinski definition) is 2. The maximum Gasteiger partial charge on any atom is 0.343 e. The fraction of sp³-hybridized carbons (Fsp3) is 0.278. The third kappa shape index (κ3) is 4.33. The topological polar surface area (TPSA) is 58.6 Å². The second-order valence-electron chi connectivity index (χ2n) is 5.21. The molecule has 0 amide bonds. The van der Waals surface area contributed by atoms with Gasteiger partial charge < -0.3 is 4.74 Å². The van der Waals surface area contributed by atoms with Crippen LogP contribution in [0.4, 0.5) is 5.69 Å². The van der Waals surface area contributed by atoms with Crippen LogP contribution in [0.25, 0.3) is 0 Å². The van der Waals surface area contributed by atoms with Crippen molar-refractivity contribution in [2.75, 3.05) is 5.48 Å². The van der Waals surface area contributed by atoms with Gasteiger partial charge in [-0.1, -0.05) is 44.7 Å². The monoisotopic (exact) mass is 301 g/mol. The quantitative estimate of drug-likeness (QED) is 0.265. The van der Waals surface area contributed by atoms with Crippen molar-refractivity contribution in [1.82, 2.24) is 0 Å². The molecule has 0 unspecified atom stereocenters. The summed E-state index contributed by atoms with van der Waals surface area (Å²) in [6.07, 6.45) is 5.12. The molecule has 1 aromatic rings. The Morgan fingerprint density at radius 3 is 2.59 bits per heavy atom. The molecule has 4 heteroatoms. The summed E-state index contributed by atoms with van der Waals surface area (Å²) in [4.78, 5) is 12.3. The number of esters is 1. The van der Waals surface area contributed by atoms with Gasteiger partial charge in [-0.15, -0.1) is 0 Å². The molecule has 118 valence electrons. The molecule has 0 aliphatic heterocycles. The zero-order valence-electron chi connectivity index (χ0n) is 13.5. The van der Waals surface area contributed by atoms with Crippen LogP contribution in [0.2, 0.25) is 0 Å². The first-order valence-corrected chi connectivity index (χ1v) is 7.16. The highest BCUT2D eigenvalue weighted by atomic mass is 16.5. The van der Waals surface area contributed by atoms with E-state index in [9.17, 15) is 4.79 Å². The molecule has 0 fully saturated rings. The summed E-state index contributed by atoms with van der Waals surface area (Å²) in [6, 6.07) is 5.29. The van der Waals surface area contributed by atoms with E-state index in [-0.39, 0.29) is 11.7 Å². The summed E-state index contributed by atoms with van der Waals surface area (Å²) < 4.78 is 5.42. The highest BCUT2D eigenvalue weighted by Gasteiger charge is 2.15. The van der Waals surface area contributed by atoms with Gasteiger partial charge in [0.05, 0.1) is 5.57 Å². The van der Waals surface area contributed by atoms with E-state index in [0.29, 0.717) is 11.3 Å². The van der Waals surface area contributed by atoms with E-state index in [4.69, 9.17) is 9.94 Å². The number of allylic oxidation sites excluding steroid dienone is 3. The predicted molar refractivity (Wildman–Crippen MR) is 89.3 cm³/mol. The largest absolute Gasteiger partial charge is 0.421 e. The van der Waals surface area contributed by atoms with E-state index in [2.05, 4.69) is 6.58 Å². The van der Waals surface area contributed by atoms with Crippen LogP contribution >= 0.6 is 0 Å². The van der Waals surface area contributed by atoms with Crippen molar-refractivity contribution in [2.45, 2.75) is 33.6 Å². The maximum atomic E-state index is 12.3. The third-order valence-corrected chi connectivity index (χ3v) is 3.26. The molecule has 22 heavy (non-hydrogen) atoms. The fourth-order valence-corrected chi connectivity index (χ4v) is 1.97. The first-order chi connectivity index (χ1) is 10.4. The summed E-state index contributed by atoms with van der Waals surface area (Å²) in [6.45, 7) is 11.4. The van der Waals surface area contributed by atoms with Crippen molar-refractivity contribution in [3.63, 3.8) is 0 Å². The lowest BCUT2D eigenvalue weighted by Crippen LogP contribution is -2.12. The van der Waals surface area contributed by atoms with Gasteiger partial charge in [0.25, 0.3) is 0 Å². The van der Waals surface area contributed by atoms with Gasteiger partial charge >= 0.3 is 5.97 Å². The Hall–Kier alpha value is -2.33. The van der Waals surface area contributed by atoms with Gasteiger partial charge in [-0.2, -0.15) is 0 Å². The average molecular weight is 301 g/mol. The minimum absolute atomic E-state index is 0.282. The highest BCUT2D eigenvalue weighted by Crippen LogP contribution is 2.29. The lowest BCUT2D eigenvalue weighted by molar-refractivity contribution is -0.129. The Labute approximate surface area is 131 Å². The fourth-order valence-electron chi connectivity index (χ4n) is 1.97. The van der Waals surface area contributed by atoms with Crippen LogP contribution in [-0.2, 0) is 4.79 Å². The molecule has 4 nitrogen and oxygen atoms in total. The van der Waals surface area contributed by atoms with Crippen molar-refractivity contribution in [1.29, 1.82) is 0 Å². The SMILES string of the molecule is C=C/C(C(=O)Oc1cc(C(C)C)ccc1NO)=C(C)\C=C/C. The van der Waals surface area contributed by atoms with Gasteiger partial charge in [0, 0.05) is 0 Å². The molecule has 0 saturated carbocycles. The third-order valence-electron chi connectivity index (χ3n) is 3.26. The molecular formula is C18H23NO3. The minimum atomic E-state index is -0.511. The first-order valence-electron chi connectivity index (χ1n) is 7.16. The number of ether oxygens (including phenoxy) is 1. The van der Waals surface area contributed by atoms with Crippen LogP contribution in [0, 0.1) is 0 Å². The van der Waals surface area contributed by atoms with Gasteiger partial charge in [-0.05, 0) is 43.0 Å². The zero-order chi connectivity index (χ0) is 16.7. The normalized spacial score (nSPS) is 12.3. The van der Waals surface area contributed by atoms with Gasteiger partial charge in [0.1, 0.15) is 5.69 Å². The smallest absolute Gasteiger partial charge is 0.343 e. The van der Waals surface area contributed by atoms with Crippen LogP contribution in [0.3, 0.4) is 0 Å². The lowest BCUT2D eigenvalue weighted by Gasteiger charge is -2.13. The summed E-state index contributed by atoms with van der Waals surface area (Å²) in [7, 11) is 0. The van der Waals surface area contributed by atoms with Gasteiger partial charge in [-0.25, -0.2) is 4.79 Å². The molecule has 0 aliphatic carbocycles. The average Bonchev–Trinajstić information content (AvgIpc) is 2.48. The van der Waals surface area contributed by atoms with Crippen LogP contribution in [-0.4, -0.2) is 11.2 Å². The van der Waals surface area contributed by atoms with Crippen molar-refractivity contribution in [3.05, 3.63) is 59.7 Å². The Morgan fingerprint density at radius 2 is 2.09 bits per heavy atom. The van der Waals surface area contributed by atoms with Crippen LogP contribution < -0.4 is 10.2 Å². The summed E-state index contributed by atoms with van der Waals surface area (Å²) >= 11 is 0. The van der Waals surface area contributed by atoms with E-state index in [1.807, 2.05) is 51.4 Å². The number of anilines is 1. The molecule has 0 bridgehead atoms. The molecule has 0 heterocycles. The molecule has 0 spiro atoms. The number of carbonyl (C=O) groups excluding carboxylic acids is 1. The molecule has 0 radical (unpaired) electrons. The molecule has 2 N–H and O–H groups in total. The number of carbonyl (C=O) groups is 1. The standard InChI is InChI=1S/C18H23NO3/c1-6-8-13(5)15(7-2)18(20)22-17-11-14(12(3)4)9-10-16(17)19-21/h6-12,19,21H,2H2,1,3-5H3/b8-6-,15-13+.